The molecule has 0 radical (unpaired) electrons. The van der Waals surface area contributed by atoms with Gasteiger partial charge < -0.3 is 13.7 Å². The van der Waals surface area contributed by atoms with Crippen LogP contribution in [0.2, 0.25) is 0 Å². The third-order valence-corrected chi connectivity index (χ3v) is 10.6. The first-order valence-electron chi connectivity index (χ1n) is 17.5. The van der Waals surface area contributed by atoms with Crippen LogP contribution in [0.3, 0.4) is 0 Å². The Labute approximate surface area is 294 Å². The molecule has 3 nitrogen and oxygen atoms in total. The molecule has 8 aromatic carbocycles. The Hall–Kier alpha value is -6.84. The first kappa shape index (κ1) is 28.0. The van der Waals surface area contributed by atoms with Gasteiger partial charge in [-0.05, 0) is 71.8 Å². The highest BCUT2D eigenvalue weighted by Crippen LogP contribution is 2.46. The van der Waals surface area contributed by atoms with Crippen LogP contribution in [0.5, 0.6) is 0 Å². The SMILES string of the molecule is c1ccc(-c2ccc(-n3c4ccccc4c4ccc5c(c6c(ccc7c8ccccc8n(-c8ccccc8)c76)n5-c5ccccc5)c43)cc2)cc1. The zero-order valence-electron chi connectivity index (χ0n) is 27.7. The molecule has 3 aromatic heterocycles. The molecular formula is C48H31N3. The highest BCUT2D eigenvalue weighted by atomic mass is 15.0. The fourth-order valence-corrected chi connectivity index (χ4v) is 8.49. The Morgan fingerprint density at radius 2 is 0.627 bits per heavy atom. The predicted molar refractivity (Wildman–Crippen MR) is 215 cm³/mol. The van der Waals surface area contributed by atoms with Gasteiger partial charge in [0.25, 0.3) is 0 Å². The van der Waals surface area contributed by atoms with Crippen molar-refractivity contribution in [2.75, 3.05) is 0 Å². The first-order valence-corrected chi connectivity index (χ1v) is 17.5. The average molecular weight is 650 g/mol. The monoisotopic (exact) mass is 649 g/mol. The van der Waals surface area contributed by atoms with E-state index in [9.17, 15) is 0 Å². The van der Waals surface area contributed by atoms with Gasteiger partial charge in [-0.25, -0.2) is 0 Å². The third-order valence-electron chi connectivity index (χ3n) is 10.6. The molecular weight excluding hydrogens is 619 g/mol. The molecule has 0 aliphatic carbocycles. The second-order valence-electron chi connectivity index (χ2n) is 13.3. The summed E-state index contributed by atoms with van der Waals surface area (Å²) in [4.78, 5) is 0. The summed E-state index contributed by atoms with van der Waals surface area (Å²) in [5, 5.41) is 7.50. The summed E-state index contributed by atoms with van der Waals surface area (Å²) < 4.78 is 7.42. The summed E-state index contributed by atoms with van der Waals surface area (Å²) >= 11 is 0. The topological polar surface area (TPSA) is 14.8 Å². The molecule has 11 rings (SSSR count). The van der Waals surface area contributed by atoms with E-state index in [1.165, 1.54) is 76.5 Å². The number of nitrogens with zero attached hydrogens (tertiary/aromatic N) is 3. The molecule has 3 heterocycles. The van der Waals surface area contributed by atoms with Crippen LogP contribution in [-0.2, 0) is 0 Å². The maximum atomic E-state index is 2.49. The molecule has 0 aliphatic heterocycles. The highest BCUT2D eigenvalue weighted by Gasteiger charge is 2.25. The van der Waals surface area contributed by atoms with E-state index in [2.05, 4.69) is 202 Å². The smallest absolute Gasteiger partial charge is 0.0642 e. The van der Waals surface area contributed by atoms with E-state index in [1.54, 1.807) is 0 Å². The van der Waals surface area contributed by atoms with Gasteiger partial charge in [-0.2, -0.15) is 0 Å². The van der Waals surface area contributed by atoms with Crippen LogP contribution in [-0.4, -0.2) is 13.7 Å². The van der Waals surface area contributed by atoms with Gasteiger partial charge in [0, 0.05) is 49.4 Å². The van der Waals surface area contributed by atoms with Crippen molar-refractivity contribution in [3.63, 3.8) is 0 Å². The quantitative estimate of drug-likeness (QED) is 0.180. The van der Waals surface area contributed by atoms with Crippen LogP contribution in [0, 0.1) is 0 Å². The highest BCUT2D eigenvalue weighted by molar-refractivity contribution is 6.33. The molecule has 0 atom stereocenters. The molecule has 0 aliphatic rings. The largest absolute Gasteiger partial charge is 0.309 e. The van der Waals surface area contributed by atoms with Crippen molar-refractivity contribution in [1.29, 1.82) is 0 Å². The molecule has 0 fully saturated rings. The summed E-state index contributed by atoms with van der Waals surface area (Å²) in [6.07, 6.45) is 0. The van der Waals surface area contributed by atoms with E-state index < -0.39 is 0 Å². The van der Waals surface area contributed by atoms with Crippen molar-refractivity contribution in [3.8, 4) is 28.2 Å². The van der Waals surface area contributed by atoms with Gasteiger partial charge in [0.15, 0.2) is 0 Å². The van der Waals surface area contributed by atoms with Crippen LogP contribution in [0.4, 0.5) is 0 Å². The molecule has 0 bridgehead atoms. The van der Waals surface area contributed by atoms with E-state index in [4.69, 9.17) is 0 Å². The lowest BCUT2D eigenvalue weighted by molar-refractivity contribution is 1.17. The van der Waals surface area contributed by atoms with E-state index in [1.807, 2.05) is 0 Å². The van der Waals surface area contributed by atoms with Crippen LogP contribution in [0.25, 0.3) is 93.6 Å². The van der Waals surface area contributed by atoms with Gasteiger partial charge in [-0.3, -0.25) is 0 Å². The molecule has 11 aromatic rings. The van der Waals surface area contributed by atoms with Crippen LogP contribution in [0.15, 0.2) is 188 Å². The van der Waals surface area contributed by atoms with Gasteiger partial charge in [-0.15, -0.1) is 0 Å². The molecule has 0 amide bonds. The number of benzene rings is 8. The lowest BCUT2D eigenvalue weighted by Gasteiger charge is -2.11. The number of hydrogen-bond donors (Lipinski definition) is 0. The molecule has 51 heavy (non-hydrogen) atoms. The third kappa shape index (κ3) is 4.00. The minimum Gasteiger partial charge on any atom is -0.309 e. The van der Waals surface area contributed by atoms with Gasteiger partial charge in [0.1, 0.15) is 0 Å². The standard InChI is InChI=1S/C48H31N3/c1-4-14-32(15-5-1)33-24-26-36(27-25-33)51-42-23-13-11-21-38(42)40-29-31-44-46(48(40)51)45-43(49(44)34-16-6-2-7-17-34)30-28-39-37-20-10-12-22-41(37)50(47(39)45)35-18-8-3-9-19-35/h1-31H. The van der Waals surface area contributed by atoms with E-state index in [-0.39, 0.29) is 0 Å². The summed E-state index contributed by atoms with van der Waals surface area (Å²) in [7, 11) is 0. The summed E-state index contributed by atoms with van der Waals surface area (Å²) in [6.45, 7) is 0. The molecule has 0 N–H and O–H groups in total. The Bertz CT molecular complexity index is 3090. The minimum absolute atomic E-state index is 1.14. The van der Waals surface area contributed by atoms with Crippen molar-refractivity contribution in [2.45, 2.75) is 0 Å². The number of hydrogen-bond acceptors (Lipinski definition) is 0. The summed E-state index contributed by atoms with van der Waals surface area (Å²) in [5.74, 6) is 0. The Balaban J connectivity index is 1.37. The Kier molecular flexibility index (Phi) is 5.96. The average Bonchev–Trinajstić information content (AvgIpc) is 3.85. The van der Waals surface area contributed by atoms with Crippen molar-refractivity contribution < 1.29 is 0 Å². The van der Waals surface area contributed by atoms with Crippen molar-refractivity contribution >= 4 is 65.4 Å². The Morgan fingerprint density at radius 1 is 0.235 bits per heavy atom. The summed E-state index contributed by atoms with van der Waals surface area (Å²) in [5.41, 5.74) is 13.1. The molecule has 0 saturated carbocycles. The van der Waals surface area contributed by atoms with Gasteiger partial charge in [-0.1, -0.05) is 127 Å². The molecule has 0 saturated heterocycles. The fourth-order valence-electron chi connectivity index (χ4n) is 8.49. The van der Waals surface area contributed by atoms with Gasteiger partial charge >= 0.3 is 0 Å². The van der Waals surface area contributed by atoms with E-state index in [0.29, 0.717) is 0 Å². The molecule has 0 unspecified atom stereocenters. The normalized spacial score (nSPS) is 11.9. The molecule has 0 spiro atoms. The second kappa shape index (κ2) is 10.8. The van der Waals surface area contributed by atoms with Gasteiger partial charge in [0.05, 0.1) is 33.1 Å². The maximum absolute atomic E-state index is 2.49. The number of para-hydroxylation sites is 4. The molecule has 3 heteroatoms. The molecule has 238 valence electrons. The van der Waals surface area contributed by atoms with Gasteiger partial charge in [0.2, 0.25) is 0 Å². The lowest BCUT2D eigenvalue weighted by atomic mass is 10.0. The summed E-state index contributed by atoms with van der Waals surface area (Å²) in [6, 6.07) is 68.3. The van der Waals surface area contributed by atoms with Crippen LogP contribution < -0.4 is 0 Å². The minimum atomic E-state index is 1.14. The number of rotatable bonds is 4. The van der Waals surface area contributed by atoms with Crippen LogP contribution >= 0.6 is 0 Å². The van der Waals surface area contributed by atoms with E-state index in [0.717, 1.165) is 17.1 Å². The first-order chi connectivity index (χ1) is 25.3. The van der Waals surface area contributed by atoms with Crippen molar-refractivity contribution in [2.24, 2.45) is 0 Å². The van der Waals surface area contributed by atoms with E-state index >= 15 is 0 Å². The zero-order chi connectivity index (χ0) is 33.5. The predicted octanol–water partition coefficient (Wildman–Crippen LogP) is 12.6. The number of aromatic nitrogens is 3. The maximum Gasteiger partial charge on any atom is 0.0642 e. The lowest BCUT2D eigenvalue weighted by Crippen LogP contribution is -1.95. The zero-order valence-corrected chi connectivity index (χ0v) is 27.7. The Morgan fingerprint density at radius 3 is 1.14 bits per heavy atom. The van der Waals surface area contributed by atoms with Crippen molar-refractivity contribution in [1.82, 2.24) is 13.7 Å². The van der Waals surface area contributed by atoms with Crippen LogP contribution in [0.1, 0.15) is 0 Å². The number of fused-ring (bicyclic) bond motifs is 11. The van der Waals surface area contributed by atoms with Crippen molar-refractivity contribution in [3.05, 3.63) is 188 Å². The second-order valence-corrected chi connectivity index (χ2v) is 13.3. The fraction of sp³-hybridized carbons (Fsp3) is 0.